The lowest BCUT2D eigenvalue weighted by Gasteiger charge is -2.21. The van der Waals surface area contributed by atoms with Gasteiger partial charge in [-0.15, -0.1) is 6.42 Å². The Morgan fingerprint density at radius 3 is 2.56 bits per heavy atom. The van der Waals surface area contributed by atoms with E-state index in [0.29, 0.717) is 6.54 Å². The van der Waals surface area contributed by atoms with Crippen molar-refractivity contribution in [1.29, 1.82) is 0 Å². The lowest BCUT2D eigenvalue weighted by Crippen LogP contribution is -2.35. The molecule has 0 aliphatic rings. The van der Waals surface area contributed by atoms with Crippen molar-refractivity contribution < 1.29 is 0 Å². The van der Waals surface area contributed by atoms with Crippen LogP contribution >= 0.6 is 0 Å². The van der Waals surface area contributed by atoms with E-state index >= 15 is 0 Å². The number of rotatable bonds is 5. The van der Waals surface area contributed by atoms with Crippen LogP contribution in [0.3, 0.4) is 0 Å². The van der Waals surface area contributed by atoms with Gasteiger partial charge in [0.1, 0.15) is 0 Å². The molecule has 1 aromatic carbocycles. The van der Waals surface area contributed by atoms with E-state index in [1.54, 1.807) is 0 Å². The maximum absolute atomic E-state index is 5.31. The molecule has 2 heteroatoms. The summed E-state index contributed by atoms with van der Waals surface area (Å²) in [4.78, 5) is 2.14. The average Bonchev–Trinajstić information content (AvgIpc) is 2.26. The van der Waals surface area contributed by atoms with Gasteiger partial charge in [-0.3, -0.25) is 4.90 Å². The van der Waals surface area contributed by atoms with Crippen LogP contribution in [0.5, 0.6) is 0 Å². The average molecular weight is 244 g/mol. The normalized spacial score (nSPS) is 11.6. The molecule has 0 fully saturated rings. The van der Waals surface area contributed by atoms with E-state index in [2.05, 4.69) is 61.2 Å². The van der Waals surface area contributed by atoms with Crippen LogP contribution in [0.4, 0.5) is 0 Å². The summed E-state index contributed by atoms with van der Waals surface area (Å²) in [6.45, 7) is 9.01. The SMILES string of the molecule is C#CCN(C)Cc1cccc(CNC(C)(C)C)c1. The summed E-state index contributed by atoms with van der Waals surface area (Å²) in [5.41, 5.74) is 2.77. The predicted octanol–water partition coefficient (Wildman–Crippen LogP) is 2.64. The predicted molar refractivity (Wildman–Crippen MR) is 78.2 cm³/mol. The number of nitrogens with zero attached hydrogens (tertiary/aromatic N) is 1. The fraction of sp³-hybridized carbons (Fsp3) is 0.500. The van der Waals surface area contributed by atoms with Gasteiger partial charge in [-0.25, -0.2) is 0 Å². The van der Waals surface area contributed by atoms with E-state index in [1.165, 1.54) is 11.1 Å². The van der Waals surface area contributed by atoms with Crippen LogP contribution < -0.4 is 5.32 Å². The van der Waals surface area contributed by atoms with Crippen molar-refractivity contribution in [2.45, 2.75) is 39.4 Å². The summed E-state index contributed by atoms with van der Waals surface area (Å²) < 4.78 is 0. The summed E-state index contributed by atoms with van der Waals surface area (Å²) in [6.07, 6.45) is 5.31. The number of hydrogen-bond acceptors (Lipinski definition) is 2. The third-order valence-corrected chi connectivity index (χ3v) is 2.63. The van der Waals surface area contributed by atoms with Crippen LogP contribution in [-0.2, 0) is 13.1 Å². The molecule has 0 amide bonds. The molecule has 0 saturated heterocycles. The Hall–Kier alpha value is -1.30. The molecule has 0 spiro atoms. The molecule has 0 saturated carbocycles. The maximum atomic E-state index is 5.31. The maximum Gasteiger partial charge on any atom is 0.0599 e. The van der Waals surface area contributed by atoms with E-state index in [0.717, 1.165) is 13.1 Å². The van der Waals surface area contributed by atoms with E-state index in [1.807, 2.05) is 7.05 Å². The Kier molecular flexibility index (Phi) is 5.40. The molecule has 2 nitrogen and oxygen atoms in total. The highest BCUT2D eigenvalue weighted by molar-refractivity contribution is 5.23. The second-order valence-electron chi connectivity index (χ2n) is 5.80. The Balaban J connectivity index is 2.60. The topological polar surface area (TPSA) is 15.3 Å². The molecule has 0 radical (unpaired) electrons. The fourth-order valence-electron chi connectivity index (χ4n) is 1.73. The monoisotopic (exact) mass is 244 g/mol. The van der Waals surface area contributed by atoms with Crippen molar-refractivity contribution in [3.05, 3.63) is 35.4 Å². The summed E-state index contributed by atoms with van der Waals surface area (Å²) >= 11 is 0. The van der Waals surface area contributed by atoms with Gasteiger partial charge in [0.15, 0.2) is 0 Å². The van der Waals surface area contributed by atoms with Crippen LogP contribution in [-0.4, -0.2) is 24.0 Å². The highest BCUT2D eigenvalue weighted by atomic mass is 15.1. The van der Waals surface area contributed by atoms with Gasteiger partial charge in [-0.1, -0.05) is 30.2 Å². The minimum Gasteiger partial charge on any atom is -0.308 e. The Morgan fingerprint density at radius 1 is 1.28 bits per heavy atom. The number of nitrogens with one attached hydrogen (secondary N) is 1. The molecule has 0 bridgehead atoms. The summed E-state index contributed by atoms with van der Waals surface area (Å²) in [5.74, 6) is 2.66. The second kappa shape index (κ2) is 6.58. The van der Waals surface area contributed by atoms with Crippen molar-refractivity contribution in [3.63, 3.8) is 0 Å². The third kappa shape index (κ3) is 5.86. The number of benzene rings is 1. The number of hydrogen-bond donors (Lipinski definition) is 1. The minimum atomic E-state index is 0.149. The Labute approximate surface area is 111 Å². The first-order chi connectivity index (χ1) is 8.40. The summed E-state index contributed by atoms with van der Waals surface area (Å²) in [6, 6.07) is 8.65. The lowest BCUT2D eigenvalue weighted by molar-refractivity contribution is 0.369. The zero-order valence-corrected chi connectivity index (χ0v) is 12.0. The van der Waals surface area contributed by atoms with E-state index in [9.17, 15) is 0 Å². The van der Waals surface area contributed by atoms with E-state index in [4.69, 9.17) is 6.42 Å². The lowest BCUT2D eigenvalue weighted by atomic mass is 10.1. The molecule has 0 atom stereocenters. The smallest absolute Gasteiger partial charge is 0.0599 e. The van der Waals surface area contributed by atoms with Gasteiger partial charge >= 0.3 is 0 Å². The molecule has 0 unspecified atom stereocenters. The molecule has 0 heterocycles. The summed E-state index contributed by atoms with van der Waals surface area (Å²) in [7, 11) is 2.04. The zero-order valence-electron chi connectivity index (χ0n) is 12.0. The van der Waals surface area contributed by atoms with Crippen molar-refractivity contribution >= 4 is 0 Å². The van der Waals surface area contributed by atoms with Crippen LogP contribution in [0.1, 0.15) is 31.9 Å². The molecule has 0 aliphatic heterocycles. The largest absolute Gasteiger partial charge is 0.308 e. The first kappa shape index (κ1) is 14.8. The van der Waals surface area contributed by atoms with Crippen LogP contribution in [0, 0.1) is 12.3 Å². The van der Waals surface area contributed by atoms with Crippen LogP contribution in [0.2, 0.25) is 0 Å². The van der Waals surface area contributed by atoms with E-state index < -0.39 is 0 Å². The highest BCUT2D eigenvalue weighted by Crippen LogP contribution is 2.09. The van der Waals surface area contributed by atoms with Crippen molar-refractivity contribution in [2.75, 3.05) is 13.6 Å². The molecule has 1 rings (SSSR count). The Bertz CT molecular complexity index is 410. The molecular weight excluding hydrogens is 220 g/mol. The van der Waals surface area contributed by atoms with Gasteiger partial charge in [-0.2, -0.15) is 0 Å². The second-order valence-corrected chi connectivity index (χ2v) is 5.80. The fourth-order valence-corrected chi connectivity index (χ4v) is 1.73. The van der Waals surface area contributed by atoms with Gasteiger partial charge < -0.3 is 5.32 Å². The minimum absolute atomic E-state index is 0.149. The third-order valence-electron chi connectivity index (χ3n) is 2.63. The van der Waals surface area contributed by atoms with Gasteiger partial charge in [0.25, 0.3) is 0 Å². The van der Waals surface area contributed by atoms with Gasteiger partial charge in [0, 0.05) is 18.6 Å². The van der Waals surface area contributed by atoms with Crippen molar-refractivity contribution in [3.8, 4) is 12.3 Å². The molecule has 1 aromatic rings. The quantitative estimate of drug-likeness (QED) is 0.801. The van der Waals surface area contributed by atoms with Crippen molar-refractivity contribution in [1.82, 2.24) is 10.2 Å². The standard InChI is InChI=1S/C16H24N2/c1-6-10-18(5)13-15-9-7-8-14(11-15)12-17-16(2,3)4/h1,7-9,11,17H,10,12-13H2,2-5H3. The van der Waals surface area contributed by atoms with Crippen LogP contribution in [0.15, 0.2) is 24.3 Å². The molecule has 0 aromatic heterocycles. The number of terminal acetylenes is 1. The summed E-state index contributed by atoms with van der Waals surface area (Å²) in [5, 5.41) is 3.50. The van der Waals surface area contributed by atoms with Crippen LogP contribution in [0.25, 0.3) is 0 Å². The molecule has 1 N–H and O–H groups in total. The molecule has 18 heavy (non-hydrogen) atoms. The first-order valence-corrected chi connectivity index (χ1v) is 6.35. The van der Waals surface area contributed by atoms with Gasteiger partial charge in [0.2, 0.25) is 0 Å². The van der Waals surface area contributed by atoms with E-state index in [-0.39, 0.29) is 5.54 Å². The highest BCUT2D eigenvalue weighted by Gasteiger charge is 2.08. The van der Waals surface area contributed by atoms with Gasteiger partial charge in [-0.05, 0) is 38.9 Å². The van der Waals surface area contributed by atoms with Gasteiger partial charge in [0.05, 0.1) is 6.54 Å². The first-order valence-electron chi connectivity index (χ1n) is 6.35. The molecule has 0 aliphatic carbocycles. The van der Waals surface area contributed by atoms with Crippen molar-refractivity contribution in [2.24, 2.45) is 0 Å². The molecular formula is C16H24N2. The zero-order chi connectivity index (χ0) is 13.6. The Morgan fingerprint density at radius 2 is 1.94 bits per heavy atom. The molecule has 98 valence electrons.